The lowest BCUT2D eigenvalue weighted by atomic mass is 10.0. The zero-order valence-corrected chi connectivity index (χ0v) is 23.7. The van der Waals surface area contributed by atoms with E-state index in [0.29, 0.717) is 25.7 Å². The summed E-state index contributed by atoms with van der Waals surface area (Å²) in [4.78, 5) is 45.4. The number of carboxylic acid groups (broad SMARTS) is 2. The van der Waals surface area contributed by atoms with Gasteiger partial charge in [0.25, 0.3) is 0 Å². The molecule has 0 heterocycles. The summed E-state index contributed by atoms with van der Waals surface area (Å²) in [7, 11) is 0. The highest BCUT2D eigenvalue weighted by Gasteiger charge is 2.25. The normalized spacial score (nSPS) is 13.5. The van der Waals surface area contributed by atoms with Crippen LogP contribution in [0.1, 0.15) is 51.7 Å². The number of carbonyl (C=O) groups excluding carboxylic acids is 2. The molecule has 2 aromatic rings. The Kier molecular flexibility index (Phi) is 16.6. The van der Waals surface area contributed by atoms with Crippen molar-refractivity contribution in [3.63, 3.8) is 0 Å². The van der Waals surface area contributed by atoms with Crippen LogP contribution < -0.4 is 10.6 Å². The van der Waals surface area contributed by atoms with E-state index in [9.17, 15) is 19.2 Å². The van der Waals surface area contributed by atoms with E-state index in [2.05, 4.69) is 10.6 Å². The van der Waals surface area contributed by atoms with Gasteiger partial charge in [0.05, 0.1) is 13.2 Å². The Morgan fingerprint density at radius 3 is 1.25 bits per heavy atom. The molecule has 0 aromatic heterocycles. The van der Waals surface area contributed by atoms with E-state index in [1.54, 1.807) is 13.8 Å². The van der Waals surface area contributed by atoms with Crippen LogP contribution in [0.25, 0.3) is 0 Å². The number of aliphatic carboxylic acids is 2. The van der Waals surface area contributed by atoms with Crippen molar-refractivity contribution in [1.82, 2.24) is 10.6 Å². The lowest BCUT2D eigenvalue weighted by molar-refractivity contribution is -0.148. The molecule has 0 aliphatic rings. The molecule has 4 atom stereocenters. The van der Waals surface area contributed by atoms with E-state index >= 15 is 0 Å². The first-order valence-electron chi connectivity index (χ1n) is 13.5. The molecule has 0 bridgehead atoms. The predicted octanol–water partition coefficient (Wildman–Crippen LogP) is 3.23. The third-order valence-corrected chi connectivity index (χ3v) is 5.91. The molecule has 0 aliphatic carbocycles. The number of carboxylic acids is 2. The highest BCUT2D eigenvalue weighted by molar-refractivity contribution is 5.79. The number of aryl methyl sites for hydroxylation is 2. The Morgan fingerprint density at radius 1 is 0.650 bits per heavy atom. The molecule has 10 nitrogen and oxygen atoms in total. The van der Waals surface area contributed by atoms with Crippen LogP contribution in [-0.4, -0.2) is 71.5 Å². The van der Waals surface area contributed by atoms with Crippen molar-refractivity contribution in [2.45, 2.75) is 77.5 Å². The molecule has 0 radical (unpaired) electrons. The molecule has 2 unspecified atom stereocenters. The monoisotopic (exact) mass is 558 g/mol. The molecule has 220 valence electrons. The number of esters is 2. The maximum atomic E-state index is 11.8. The average Bonchev–Trinajstić information content (AvgIpc) is 2.94. The van der Waals surface area contributed by atoms with Crippen molar-refractivity contribution in [3.05, 3.63) is 71.8 Å². The fourth-order valence-corrected chi connectivity index (χ4v) is 3.68. The third-order valence-electron chi connectivity index (χ3n) is 5.91. The highest BCUT2D eigenvalue weighted by atomic mass is 16.5. The smallest absolute Gasteiger partial charge is 0.323 e. The van der Waals surface area contributed by atoms with Crippen molar-refractivity contribution >= 4 is 23.9 Å². The Morgan fingerprint density at radius 2 is 0.975 bits per heavy atom. The second-order valence-electron chi connectivity index (χ2n) is 9.11. The van der Waals surface area contributed by atoms with Gasteiger partial charge in [0.15, 0.2) is 0 Å². The van der Waals surface area contributed by atoms with Gasteiger partial charge in [0, 0.05) is 0 Å². The van der Waals surface area contributed by atoms with Crippen molar-refractivity contribution in [3.8, 4) is 0 Å². The minimum absolute atomic E-state index is 0.282. The van der Waals surface area contributed by atoms with Gasteiger partial charge in [-0.3, -0.25) is 29.8 Å². The van der Waals surface area contributed by atoms with Crippen LogP contribution in [0, 0.1) is 0 Å². The van der Waals surface area contributed by atoms with Crippen LogP contribution in [0.4, 0.5) is 0 Å². The lowest BCUT2D eigenvalue weighted by Gasteiger charge is -2.19. The summed E-state index contributed by atoms with van der Waals surface area (Å²) >= 11 is 0. The van der Waals surface area contributed by atoms with E-state index < -0.39 is 48.0 Å². The molecule has 0 amide bonds. The molecule has 40 heavy (non-hydrogen) atoms. The molecular formula is C30H42N2O8. The minimum Gasteiger partial charge on any atom is -0.480 e. The van der Waals surface area contributed by atoms with E-state index in [1.807, 2.05) is 60.7 Å². The van der Waals surface area contributed by atoms with Gasteiger partial charge >= 0.3 is 23.9 Å². The van der Waals surface area contributed by atoms with Gasteiger partial charge in [-0.1, -0.05) is 60.7 Å². The standard InChI is InChI=1S/2C15H21NO4/c2*1-3-20-15(19)13(16-11(2)14(17)18)10-9-12-7-5-4-6-8-12/h2*4-8,11,13,16H,3,9-10H2,1-2H3,(H,17,18)/t2*11?,13-/m00/s1. The van der Waals surface area contributed by atoms with Crippen LogP contribution in [-0.2, 0) is 41.5 Å². The number of ether oxygens (including phenoxy) is 2. The van der Waals surface area contributed by atoms with E-state index in [1.165, 1.54) is 13.8 Å². The topological polar surface area (TPSA) is 151 Å². The van der Waals surface area contributed by atoms with Gasteiger partial charge < -0.3 is 19.7 Å². The second kappa shape index (κ2) is 19.3. The number of hydrogen-bond acceptors (Lipinski definition) is 8. The molecular weight excluding hydrogens is 516 g/mol. The van der Waals surface area contributed by atoms with Crippen LogP contribution in [0.2, 0.25) is 0 Å². The largest absolute Gasteiger partial charge is 0.480 e. The van der Waals surface area contributed by atoms with Gasteiger partial charge in [-0.2, -0.15) is 0 Å². The van der Waals surface area contributed by atoms with Crippen molar-refractivity contribution in [1.29, 1.82) is 0 Å². The fraction of sp³-hybridized carbons (Fsp3) is 0.467. The number of benzene rings is 2. The van der Waals surface area contributed by atoms with Gasteiger partial charge in [-0.25, -0.2) is 0 Å². The van der Waals surface area contributed by atoms with Gasteiger partial charge in [-0.05, 0) is 64.5 Å². The summed E-state index contributed by atoms with van der Waals surface area (Å²) in [6, 6.07) is 16.7. The molecule has 0 aliphatic heterocycles. The average molecular weight is 559 g/mol. The maximum absolute atomic E-state index is 11.8. The number of rotatable bonds is 16. The van der Waals surface area contributed by atoms with Gasteiger partial charge in [-0.15, -0.1) is 0 Å². The zero-order valence-electron chi connectivity index (χ0n) is 23.7. The number of hydrogen-bond donors (Lipinski definition) is 4. The van der Waals surface area contributed by atoms with Crippen LogP contribution in [0.3, 0.4) is 0 Å². The summed E-state index contributed by atoms with van der Waals surface area (Å²) in [6.07, 6.45) is 2.37. The van der Waals surface area contributed by atoms with Gasteiger partial charge in [0.1, 0.15) is 24.2 Å². The number of carbonyl (C=O) groups is 4. The zero-order chi connectivity index (χ0) is 29.9. The van der Waals surface area contributed by atoms with E-state index in [0.717, 1.165) is 11.1 Å². The lowest BCUT2D eigenvalue weighted by Crippen LogP contribution is -2.46. The summed E-state index contributed by atoms with van der Waals surface area (Å²) in [5.41, 5.74) is 2.21. The SMILES string of the molecule is CCOC(=O)[C@H](CCc1ccccc1)NC(C)C(=O)O.CCOC(=O)[C@H](CCc1ccccc1)NC(C)C(=O)O. The van der Waals surface area contributed by atoms with Crippen LogP contribution in [0.15, 0.2) is 60.7 Å². The Balaban J connectivity index is 0.000000400. The van der Waals surface area contributed by atoms with Crippen molar-refractivity contribution < 1.29 is 38.9 Å². The molecule has 4 N–H and O–H groups in total. The molecule has 10 heteroatoms. The van der Waals surface area contributed by atoms with Crippen molar-refractivity contribution in [2.24, 2.45) is 0 Å². The molecule has 2 aromatic carbocycles. The first-order chi connectivity index (χ1) is 19.1. The number of nitrogens with one attached hydrogen (secondary N) is 2. The van der Waals surface area contributed by atoms with Gasteiger partial charge in [0.2, 0.25) is 0 Å². The molecule has 2 rings (SSSR count). The summed E-state index contributed by atoms with van der Waals surface area (Å²) in [5.74, 6) is -2.79. The van der Waals surface area contributed by atoms with Crippen molar-refractivity contribution in [2.75, 3.05) is 13.2 Å². The molecule has 0 saturated heterocycles. The van der Waals surface area contributed by atoms with Crippen LogP contribution in [0.5, 0.6) is 0 Å². The Hall–Kier alpha value is -3.76. The first-order valence-corrected chi connectivity index (χ1v) is 13.5. The summed E-state index contributed by atoms with van der Waals surface area (Å²) in [6.45, 7) is 7.04. The summed E-state index contributed by atoms with van der Waals surface area (Å²) < 4.78 is 9.96. The Bertz CT molecular complexity index is 949. The maximum Gasteiger partial charge on any atom is 0.323 e. The fourth-order valence-electron chi connectivity index (χ4n) is 3.68. The Labute approximate surface area is 236 Å². The second-order valence-corrected chi connectivity index (χ2v) is 9.11. The minimum atomic E-state index is -0.987. The van der Waals surface area contributed by atoms with E-state index in [-0.39, 0.29) is 13.2 Å². The molecule has 0 fully saturated rings. The predicted molar refractivity (Wildman–Crippen MR) is 151 cm³/mol. The van der Waals surface area contributed by atoms with Crippen LogP contribution >= 0.6 is 0 Å². The summed E-state index contributed by atoms with van der Waals surface area (Å²) in [5, 5.41) is 23.4. The molecule has 0 saturated carbocycles. The first kappa shape index (κ1) is 34.3. The molecule has 0 spiro atoms. The highest BCUT2D eigenvalue weighted by Crippen LogP contribution is 2.08. The third kappa shape index (κ3) is 13.9. The van der Waals surface area contributed by atoms with E-state index in [4.69, 9.17) is 19.7 Å². The quantitative estimate of drug-likeness (QED) is 0.226.